The summed E-state index contributed by atoms with van der Waals surface area (Å²) in [6.45, 7) is 4.12. The van der Waals surface area contributed by atoms with Gasteiger partial charge in [-0.1, -0.05) is 23.2 Å². The summed E-state index contributed by atoms with van der Waals surface area (Å²) in [5, 5.41) is 4.05. The van der Waals surface area contributed by atoms with Gasteiger partial charge in [-0.15, -0.1) is 0 Å². The van der Waals surface area contributed by atoms with Crippen molar-refractivity contribution >= 4 is 29.0 Å². The zero-order valence-electron chi connectivity index (χ0n) is 10.8. The van der Waals surface area contributed by atoms with Crippen LogP contribution in [-0.4, -0.2) is 25.5 Å². The highest BCUT2D eigenvalue weighted by molar-refractivity contribution is 6.42. The Balaban J connectivity index is 2.30. The molecule has 1 aromatic carbocycles. The van der Waals surface area contributed by atoms with E-state index in [-0.39, 0.29) is 11.7 Å². The monoisotopic (exact) mass is 301 g/mol. The fourth-order valence-electron chi connectivity index (χ4n) is 2.30. The van der Waals surface area contributed by atoms with Gasteiger partial charge >= 0.3 is 0 Å². The number of halogens is 2. The van der Waals surface area contributed by atoms with Crippen molar-refractivity contribution < 1.29 is 9.53 Å². The molecule has 104 valence electrons. The SMILES string of the molecule is CCOc1cc(Cl)c(Cl)cc1C(=O)C1CCNCC1. The minimum atomic E-state index is 0.0395. The first-order valence-corrected chi connectivity index (χ1v) is 7.25. The van der Waals surface area contributed by atoms with Crippen LogP contribution in [0.3, 0.4) is 0 Å². The van der Waals surface area contributed by atoms with Crippen LogP contribution in [0.25, 0.3) is 0 Å². The number of hydrogen-bond donors (Lipinski definition) is 1. The number of carbonyl (C=O) groups is 1. The molecule has 2 rings (SSSR count). The number of rotatable bonds is 4. The average Bonchev–Trinajstić information content (AvgIpc) is 2.43. The first-order valence-electron chi connectivity index (χ1n) is 6.50. The van der Waals surface area contributed by atoms with Crippen molar-refractivity contribution in [2.24, 2.45) is 5.92 Å². The molecule has 1 aromatic rings. The van der Waals surface area contributed by atoms with Crippen LogP contribution in [0.15, 0.2) is 12.1 Å². The van der Waals surface area contributed by atoms with E-state index in [4.69, 9.17) is 27.9 Å². The van der Waals surface area contributed by atoms with Gasteiger partial charge in [0.25, 0.3) is 0 Å². The largest absolute Gasteiger partial charge is 0.493 e. The highest BCUT2D eigenvalue weighted by Crippen LogP contribution is 2.33. The first kappa shape index (κ1) is 14.6. The molecular formula is C14H17Cl2NO2. The third kappa shape index (κ3) is 3.41. The molecule has 1 fully saturated rings. The second-order valence-corrected chi connectivity index (χ2v) is 5.40. The molecule has 1 aliphatic rings. The minimum Gasteiger partial charge on any atom is -0.493 e. The predicted octanol–water partition coefficient (Wildman–Crippen LogP) is 3.57. The van der Waals surface area contributed by atoms with Gasteiger partial charge in [-0.05, 0) is 38.9 Å². The second kappa shape index (κ2) is 6.60. The van der Waals surface area contributed by atoms with E-state index in [1.807, 2.05) is 6.92 Å². The molecule has 0 atom stereocenters. The van der Waals surface area contributed by atoms with Crippen LogP contribution in [-0.2, 0) is 0 Å². The molecule has 0 aliphatic carbocycles. The fraction of sp³-hybridized carbons (Fsp3) is 0.500. The molecule has 1 heterocycles. The molecule has 0 aromatic heterocycles. The summed E-state index contributed by atoms with van der Waals surface area (Å²) in [6.07, 6.45) is 1.70. The van der Waals surface area contributed by atoms with Crippen molar-refractivity contribution in [3.05, 3.63) is 27.7 Å². The molecule has 0 unspecified atom stereocenters. The van der Waals surface area contributed by atoms with E-state index in [1.165, 1.54) is 0 Å². The maximum Gasteiger partial charge on any atom is 0.169 e. The van der Waals surface area contributed by atoms with Gasteiger partial charge in [0.05, 0.1) is 22.2 Å². The lowest BCUT2D eigenvalue weighted by Crippen LogP contribution is -2.32. The van der Waals surface area contributed by atoms with Crippen molar-refractivity contribution in [2.75, 3.05) is 19.7 Å². The summed E-state index contributed by atoms with van der Waals surface area (Å²) in [6, 6.07) is 3.25. The highest BCUT2D eigenvalue weighted by atomic mass is 35.5. The van der Waals surface area contributed by atoms with Crippen molar-refractivity contribution in [1.29, 1.82) is 0 Å². The topological polar surface area (TPSA) is 38.3 Å². The first-order chi connectivity index (χ1) is 9.13. The van der Waals surface area contributed by atoms with E-state index in [2.05, 4.69) is 5.32 Å². The van der Waals surface area contributed by atoms with Crippen molar-refractivity contribution in [3.8, 4) is 5.75 Å². The maximum absolute atomic E-state index is 12.5. The standard InChI is InChI=1S/C14H17Cl2NO2/c1-2-19-13-8-12(16)11(15)7-10(13)14(18)9-3-5-17-6-4-9/h7-9,17H,2-6H2,1H3. The molecule has 0 amide bonds. The van der Waals surface area contributed by atoms with Crippen molar-refractivity contribution in [3.63, 3.8) is 0 Å². The fourth-order valence-corrected chi connectivity index (χ4v) is 2.62. The molecule has 1 aliphatic heterocycles. The molecular weight excluding hydrogens is 285 g/mol. The Kier molecular flexibility index (Phi) is 5.08. The number of ether oxygens (including phenoxy) is 1. The molecule has 0 bridgehead atoms. The van der Waals surface area contributed by atoms with E-state index >= 15 is 0 Å². The lowest BCUT2D eigenvalue weighted by atomic mass is 9.89. The van der Waals surface area contributed by atoms with Gasteiger partial charge in [0, 0.05) is 12.0 Å². The number of hydrogen-bond acceptors (Lipinski definition) is 3. The number of nitrogens with one attached hydrogen (secondary N) is 1. The van der Waals surface area contributed by atoms with Crippen LogP contribution < -0.4 is 10.1 Å². The van der Waals surface area contributed by atoms with Gasteiger partial charge < -0.3 is 10.1 Å². The van der Waals surface area contributed by atoms with Gasteiger partial charge in [0.1, 0.15) is 5.75 Å². The number of ketones is 1. The Labute approximate surface area is 123 Å². The lowest BCUT2D eigenvalue weighted by Gasteiger charge is -2.22. The number of piperidine rings is 1. The third-order valence-electron chi connectivity index (χ3n) is 3.30. The van der Waals surface area contributed by atoms with Gasteiger partial charge in [-0.25, -0.2) is 0 Å². The van der Waals surface area contributed by atoms with Crippen LogP contribution in [0, 0.1) is 5.92 Å². The summed E-state index contributed by atoms with van der Waals surface area (Å²) in [4.78, 5) is 12.5. The van der Waals surface area contributed by atoms with E-state index < -0.39 is 0 Å². The summed E-state index contributed by atoms with van der Waals surface area (Å²) in [7, 11) is 0. The summed E-state index contributed by atoms with van der Waals surface area (Å²) >= 11 is 12.0. The lowest BCUT2D eigenvalue weighted by molar-refractivity contribution is 0.0891. The average molecular weight is 302 g/mol. The van der Waals surface area contributed by atoms with E-state index in [0.29, 0.717) is 28.0 Å². The highest BCUT2D eigenvalue weighted by Gasteiger charge is 2.25. The van der Waals surface area contributed by atoms with Gasteiger partial charge in [-0.3, -0.25) is 4.79 Å². The number of benzene rings is 1. The Morgan fingerprint density at radius 3 is 2.58 bits per heavy atom. The molecule has 0 spiro atoms. The number of Topliss-reactive ketones (excluding diaryl/α,β-unsaturated/α-hetero) is 1. The van der Waals surface area contributed by atoms with Crippen LogP contribution in [0.1, 0.15) is 30.1 Å². The maximum atomic E-state index is 12.5. The smallest absolute Gasteiger partial charge is 0.169 e. The van der Waals surface area contributed by atoms with E-state index in [0.717, 1.165) is 25.9 Å². The van der Waals surface area contributed by atoms with E-state index in [9.17, 15) is 4.79 Å². The second-order valence-electron chi connectivity index (χ2n) is 4.58. The Morgan fingerprint density at radius 2 is 1.95 bits per heavy atom. The van der Waals surface area contributed by atoms with Crippen molar-refractivity contribution in [2.45, 2.75) is 19.8 Å². The molecule has 3 nitrogen and oxygen atoms in total. The Hall–Kier alpha value is -0.770. The van der Waals surface area contributed by atoms with E-state index in [1.54, 1.807) is 12.1 Å². The number of carbonyl (C=O) groups excluding carboxylic acids is 1. The minimum absolute atomic E-state index is 0.0395. The zero-order valence-corrected chi connectivity index (χ0v) is 12.4. The molecule has 1 saturated heterocycles. The quantitative estimate of drug-likeness (QED) is 0.864. The Morgan fingerprint density at radius 1 is 1.32 bits per heavy atom. The normalized spacial score (nSPS) is 16.4. The summed E-state index contributed by atoms with van der Waals surface area (Å²) in [5.41, 5.74) is 0.545. The zero-order chi connectivity index (χ0) is 13.8. The molecule has 19 heavy (non-hydrogen) atoms. The summed E-state index contributed by atoms with van der Waals surface area (Å²) < 4.78 is 5.51. The summed E-state index contributed by atoms with van der Waals surface area (Å²) in [5.74, 6) is 0.668. The van der Waals surface area contributed by atoms with Crippen LogP contribution >= 0.6 is 23.2 Å². The van der Waals surface area contributed by atoms with Crippen LogP contribution in [0.4, 0.5) is 0 Å². The molecule has 0 saturated carbocycles. The third-order valence-corrected chi connectivity index (χ3v) is 4.02. The Bertz CT molecular complexity index is 471. The van der Waals surface area contributed by atoms with Crippen LogP contribution in [0.5, 0.6) is 5.75 Å². The predicted molar refractivity (Wildman–Crippen MR) is 77.6 cm³/mol. The van der Waals surface area contributed by atoms with Gasteiger partial charge in [-0.2, -0.15) is 0 Å². The van der Waals surface area contributed by atoms with Gasteiger partial charge in [0.15, 0.2) is 5.78 Å². The van der Waals surface area contributed by atoms with Crippen molar-refractivity contribution in [1.82, 2.24) is 5.32 Å². The van der Waals surface area contributed by atoms with Crippen LogP contribution in [0.2, 0.25) is 10.0 Å². The molecule has 1 N–H and O–H groups in total. The molecule has 0 radical (unpaired) electrons. The van der Waals surface area contributed by atoms with Gasteiger partial charge in [0.2, 0.25) is 0 Å². The molecule has 5 heteroatoms.